The van der Waals surface area contributed by atoms with Crippen LogP contribution >= 0.6 is 0 Å². The monoisotopic (exact) mass is 299 g/mol. The first-order chi connectivity index (χ1) is 10.8. The predicted molar refractivity (Wildman–Crippen MR) is 81.8 cm³/mol. The highest BCUT2D eigenvalue weighted by Gasteiger charge is 2.12. The highest BCUT2D eigenvalue weighted by atomic mass is 16.5. The molecule has 22 heavy (non-hydrogen) atoms. The zero-order chi connectivity index (χ0) is 15.4. The molecule has 0 radical (unpaired) electrons. The summed E-state index contributed by atoms with van der Waals surface area (Å²) < 4.78 is 10.0. The van der Waals surface area contributed by atoms with Gasteiger partial charge in [0.2, 0.25) is 0 Å². The first-order valence-electron chi connectivity index (χ1n) is 7.11. The van der Waals surface area contributed by atoms with Crippen molar-refractivity contribution < 1.29 is 14.3 Å². The van der Waals surface area contributed by atoms with Crippen molar-refractivity contribution in [1.82, 2.24) is 9.97 Å². The van der Waals surface area contributed by atoms with Crippen molar-refractivity contribution in [3.63, 3.8) is 0 Å². The van der Waals surface area contributed by atoms with E-state index in [1.807, 2.05) is 12.1 Å². The summed E-state index contributed by atoms with van der Waals surface area (Å²) in [6.45, 7) is 3.32. The summed E-state index contributed by atoms with van der Waals surface area (Å²) >= 11 is 0. The number of carbonyl (C=O) groups is 1. The standard InChI is InChI=1S/C16H17N3O3/c1-21-16(20)15-10-14(17-11-18-15)12-2-4-13(5-3-12)19-6-8-22-9-7-19/h2-5,10-11H,6-9H2,1H3. The Morgan fingerprint density at radius 2 is 1.91 bits per heavy atom. The molecule has 0 atom stereocenters. The van der Waals surface area contributed by atoms with Crippen LogP contribution in [-0.4, -0.2) is 49.4 Å². The lowest BCUT2D eigenvalue weighted by Gasteiger charge is -2.28. The van der Waals surface area contributed by atoms with E-state index in [2.05, 4.69) is 31.7 Å². The number of benzene rings is 1. The van der Waals surface area contributed by atoms with Crippen LogP contribution in [0, 0.1) is 0 Å². The van der Waals surface area contributed by atoms with Crippen LogP contribution < -0.4 is 4.90 Å². The van der Waals surface area contributed by atoms with E-state index >= 15 is 0 Å². The van der Waals surface area contributed by atoms with E-state index in [4.69, 9.17) is 4.74 Å². The quantitative estimate of drug-likeness (QED) is 0.805. The molecule has 3 rings (SSSR count). The molecule has 6 nitrogen and oxygen atoms in total. The van der Waals surface area contributed by atoms with Crippen LogP contribution in [0.1, 0.15) is 10.5 Å². The Bertz CT molecular complexity index is 652. The topological polar surface area (TPSA) is 64.5 Å². The van der Waals surface area contributed by atoms with Gasteiger partial charge in [-0.3, -0.25) is 0 Å². The fraction of sp³-hybridized carbons (Fsp3) is 0.312. The molecule has 1 aromatic heterocycles. The van der Waals surface area contributed by atoms with E-state index < -0.39 is 5.97 Å². The van der Waals surface area contributed by atoms with Crippen molar-refractivity contribution >= 4 is 11.7 Å². The van der Waals surface area contributed by atoms with Crippen LogP contribution in [0.15, 0.2) is 36.7 Å². The van der Waals surface area contributed by atoms with Gasteiger partial charge in [-0.1, -0.05) is 12.1 Å². The molecule has 0 saturated carbocycles. The van der Waals surface area contributed by atoms with Gasteiger partial charge in [-0.25, -0.2) is 14.8 Å². The highest BCUT2D eigenvalue weighted by Crippen LogP contribution is 2.22. The smallest absolute Gasteiger partial charge is 0.356 e. The van der Waals surface area contributed by atoms with Crippen LogP contribution in [0.5, 0.6) is 0 Å². The molecule has 6 heteroatoms. The molecule has 1 aromatic carbocycles. The third-order valence-corrected chi connectivity index (χ3v) is 3.60. The summed E-state index contributed by atoms with van der Waals surface area (Å²) in [5.41, 5.74) is 3.05. The summed E-state index contributed by atoms with van der Waals surface area (Å²) in [4.78, 5) is 21.9. The van der Waals surface area contributed by atoms with Crippen molar-refractivity contribution in [2.75, 3.05) is 38.3 Å². The summed E-state index contributed by atoms with van der Waals surface area (Å²) in [6.07, 6.45) is 1.37. The minimum Gasteiger partial charge on any atom is -0.464 e. The Labute approximate surface area is 128 Å². The second-order valence-electron chi connectivity index (χ2n) is 4.93. The van der Waals surface area contributed by atoms with Gasteiger partial charge in [0.25, 0.3) is 0 Å². The van der Waals surface area contributed by atoms with Crippen molar-refractivity contribution in [2.24, 2.45) is 0 Å². The molecule has 0 spiro atoms. The van der Waals surface area contributed by atoms with E-state index in [0.717, 1.165) is 37.6 Å². The molecular formula is C16H17N3O3. The average molecular weight is 299 g/mol. The van der Waals surface area contributed by atoms with Crippen LogP contribution in [0.4, 0.5) is 5.69 Å². The lowest BCUT2D eigenvalue weighted by atomic mass is 10.1. The van der Waals surface area contributed by atoms with E-state index in [0.29, 0.717) is 5.69 Å². The number of anilines is 1. The average Bonchev–Trinajstić information content (AvgIpc) is 2.62. The number of aromatic nitrogens is 2. The van der Waals surface area contributed by atoms with Gasteiger partial charge < -0.3 is 14.4 Å². The van der Waals surface area contributed by atoms with Crippen LogP contribution in [0.25, 0.3) is 11.3 Å². The second kappa shape index (κ2) is 6.53. The summed E-state index contributed by atoms with van der Waals surface area (Å²) in [5.74, 6) is -0.464. The van der Waals surface area contributed by atoms with Gasteiger partial charge in [-0.2, -0.15) is 0 Å². The molecule has 2 aromatic rings. The molecule has 0 unspecified atom stereocenters. The highest BCUT2D eigenvalue weighted by molar-refractivity contribution is 5.88. The molecule has 1 fully saturated rings. The molecule has 0 N–H and O–H groups in total. The van der Waals surface area contributed by atoms with Gasteiger partial charge in [0.15, 0.2) is 5.69 Å². The number of ether oxygens (including phenoxy) is 2. The SMILES string of the molecule is COC(=O)c1cc(-c2ccc(N3CCOCC3)cc2)ncn1. The van der Waals surface area contributed by atoms with Crippen molar-refractivity contribution in [1.29, 1.82) is 0 Å². The van der Waals surface area contributed by atoms with Gasteiger partial charge in [0.05, 0.1) is 26.0 Å². The van der Waals surface area contributed by atoms with Gasteiger partial charge in [-0.15, -0.1) is 0 Å². The second-order valence-corrected chi connectivity index (χ2v) is 4.93. The summed E-state index contributed by atoms with van der Waals surface area (Å²) in [7, 11) is 1.33. The molecule has 0 bridgehead atoms. The molecule has 1 saturated heterocycles. The molecule has 1 aliphatic heterocycles. The molecule has 114 valence electrons. The number of nitrogens with zero attached hydrogens (tertiary/aromatic N) is 3. The van der Waals surface area contributed by atoms with Crippen LogP contribution in [0.3, 0.4) is 0 Å². The summed E-state index contributed by atoms with van der Waals surface area (Å²) in [5, 5.41) is 0. The maximum atomic E-state index is 11.5. The largest absolute Gasteiger partial charge is 0.464 e. The van der Waals surface area contributed by atoms with Crippen molar-refractivity contribution in [2.45, 2.75) is 0 Å². The Hall–Kier alpha value is -2.47. The number of carbonyl (C=O) groups excluding carboxylic acids is 1. The van der Waals surface area contributed by atoms with E-state index in [1.165, 1.54) is 13.4 Å². The third kappa shape index (κ3) is 3.07. The molecular weight excluding hydrogens is 282 g/mol. The van der Waals surface area contributed by atoms with E-state index in [9.17, 15) is 4.79 Å². The molecule has 0 amide bonds. The number of hydrogen-bond acceptors (Lipinski definition) is 6. The predicted octanol–water partition coefficient (Wildman–Crippen LogP) is 1.77. The van der Waals surface area contributed by atoms with Gasteiger partial charge in [0.1, 0.15) is 6.33 Å². The van der Waals surface area contributed by atoms with E-state index in [1.54, 1.807) is 6.07 Å². The van der Waals surface area contributed by atoms with Crippen molar-refractivity contribution in [3.05, 3.63) is 42.4 Å². The van der Waals surface area contributed by atoms with E-state index in [-0.39, 0.29) is 5.69 Å². The zero-order valence-electron chi connectivity index (χ0n) is 12.4. The maximum absolute atomic E-state index is 11.5. The Kier molecular flexibility index (Phi) is 4.29. The van der Waals surface area contributed by atoms with Gasteiger partial charge in [0, 0.05) is 24.3 Å². The van der Waals surface area contributed by atoms with Gasteiger partial charge in [-0.05, 0) is 18.2 Å². The maximum Gasteiger partial charge on any atom is 0.356 e. The van der Waals surface area contributed by atoms with Crippen LogP contribution in [0.2, 0.25) is 0 Å². The minimum absolute atomic E-state index is 0.254. The Balaban J connectivity index is 1.82. The van der Waals surface area contributed by atoms with Crippen LogP contribution in [-0.2, 0) is 9.47 Å². The lowest BCUT2D eigenvalue weighted by Crippen LogP contribution is -2.36. The number of esters is 1. The normalized spacial score (nSPS) is 14.7. The van der Waals surface area contributed by atoms with Gasteiger partial charge >= 0.3 is 5.97 Å². The Morgan fingerprint density at radius 1 is 1.18 bits per heavy atom. The molecule has 1 aliphatic rings. The minimum atomic E-state index is -0.464. The third-order valence-electron chi connectivity index (χ3n) is 3.60. The first-order valence-corrected chi connectivity index (χ1v) is 7.11. The lowest BCUT2D eigenvalue weighted by molar-refractivity contribution is 0.0594. The molecule has 0 aliphatic carbocycles. The number of hydrogen-bond donors (Lipinski definition) is 0. The number of rotatable bonds is 3. The fourth-order valence-electron chi connectivity index (χ4n) is 2.40. The zero-order valence-corrected chi connectivity index (χ0v) is 12.4. The Morgan fingerprint density at radius 3 is 2.59 bits per heavy atom. The van der Waals surface area contributed by atoms with Crippen molar-refractivity contribution in [3.8, 4) is 11.3 Å². The summed E-state index contributed by atoms with van der Waals surface area (Å²) in [6, 6.07) is 9.74. The number of morpholine rings is 1. The number of methoxy groups -OCH3 is 1. The first kappa shape index (κ1) is 14.5. The fourth-order valence-corrected chi connectivity index (χ4v) is 2.40. The molecule has 2 heterocycles.